The summed E-state index contributed by atoms with van der Waals surface area (Å²) >= 11 is 0. The third-order valence-electron chi connectivity index (χ3n) is 5.93. The topological polar surface area (TPSA) is 108 Å². The van der Waals surface area contributed by atoms with Crippen LogP contribution in [0, 0.1) is 6.92 Å². The molecule has 3 N–H and O–H groups in total. The van der Waals surface area contributed by atoms with Crippen LogP contribution in [0.4, 0.5) is 10.6 Å². The first-order chi connectivity index (χ1) is 18.2. The molecule has 1 amide bonds. The van der Waals surface area contributed by atoms with Gasteiger partial charge in [0.05, 0.1) is 11.3 Å². The average Bonchev–Trinajstić information content (AvgIpc) is 3.25. The van der Waals surface area contributed by atoms with Crippen molar-refractivity contribution in [2.24, 2.45) is 0 Å². The molecule has 0 bridgehead atoms. The predicted octanol–water partition coefficient (Wildman–Crippen LogP) is 6.06. The zero-order valence-electron chi connectivity index (χ0n) is 21.9. The van der Waals surface area contributed by atoms with Crippen molar-refractivity contribution in [3.05, 3.63) is 90.1 Å². The minimum absolute atomic E-state index is 0.345. The number of nitrogens with one attached hydrogen (secondary N) is 1. The Labute approximate surface area is 221 Å². The smallest absolute Gasteiger partial charge is 0.407 e. The summed E-state index contributed by atoms with van der Waals surface area (Å²) in [5.41, 5.74) is 12.7. The van der Waals surface area contributed by atoms with E-state index in [0.29, 0.717) is 23.8 Å². The quantitative estimate of drug-likeness (QED) is 0.300. The van der Waals surface area contributed by atoms with Gasteiger partial charge in [0, 0.05) is 24.0 Å². The molecule has 3 aromatic heterocycles. The summed E-state index contributed by atoms with van der Waals surface area (Å²) in [4.78, 5) is 26.2. The summed E-state index contributed by atoms with van der Waals surface area (Å²) in [6.07, 6.45) is 1.20. The molecule has 0 fully saturated rings. The van der Waals surface area contributed by atoms with E-state index in [-0.39, 0.29) is 0 Å². The van der Waals surface area contributed by atoms with E-state index in [9.17, 15) is 4.79 Å². The molecule has 0 aliphatic rings. The van der Waals surface area contributed by atoms with Crippen molar-refractivity contribution < 1.29 is 9.53 Å². The number of nitrogens with two attached hydrogens (primary N) is 1. The van der Waals surface area contributed by atoms with Crippen molar-refractivity contribution in [1.82, 2.24) is 24.8 Å². The molecule has 192 valence electrons. The fourth-order valence-electron chi connectivity index (χ4n) is 4.21. The maximum Gasteiger partial charge on any atom is 0.407 e. The van der Waals surface area contributed by atoms with Crippen LogP contribution in [-0.4, -0.2) is 31.2 Å². The van der Waals surface area contributed by atoms with Gasteiger partial charge in [-0.05, 0) is 75.7 Å². The number of anilines is 1. The van der Waals surface area contributed by atoms with Crippen molar-refractivity contribution in [1.29, 1.82) is 0 Å². The largest absolute Gasteiger partial charge is 0.444 e. The van der Waals surface area contributed by atoms with Crippen molar-refractivity contribution in [3.63, 3.8) is 0 Å². The van der Waals surface area contributed by atoms with Crippen LogP contribution in [0.5, 0.6) is 0 Å². The summed E-state index contributed by atoms with van der Waals surface area (Å²) in [5.74, 6) is 1.04. The van der Waals surface area contributed by atoms with Crippen molar-refractivity contribution >= 4 is 23.1 Å². The predicted molar refractivity (Wildman–Crippen MR) is 150 cm³/mol. The average molecular weight is 507 g/mol. The van der Waals surface area contributed by atoms with Gasteiger partial charge >= 0.3 is 6.09 Å². The molecule has 38 heavy (non-hydrogen) atoms. The Morgan fingerprint density at radius 2 is 1.79 bits per heavy atom. The number of aryl methyl sites for hydroxylation is 1. The molecule has 8 nitrogen and oxygen atoms in total. The van der Waals surface area contributed by atoms with Crippen LogP contribution >= 0.6 is 0 Å². The molecule has 0 atom stereocenters. The highest BCUT2D eigenvalue weighted by atomic mass is 16.6. The van der Waals surface area contributed by atoms with Crippen molar-refractivity contribution in [2.45, 2.75) is 39.8 Å². The number of hydrogen-bond acceptors (Lipinski definition) is 6. The van der Waals surface area contributed by atoms with Crippen LogP contribution < -0.4 is 11.1 Å². The number of aromatic nitrogens is 4. The number of pyridine rings is 2. The molecule has 3 heterocycles. The first-order valence-electron chi connectivity index (χ1n) is 12.4. The number of amides is 1. The fraction of sp³-hybridized carbons (Fsp3) is 0.200. The summed E-state index contributed by atoms with van der Waals surface area (Å²) in [7, 11) is 0. The lowest BCUT2D eigenvalue weighted by molar-refractivity contribution is 0.0523. The molecular formula is C30H30N6O2. The highest BCUT2D eigenvalue weighted by Gasteiger charge is 2.19. The Morgan fingerprint density at radius 3 is 2.50 bits per heavy atom. The zero-order valence-corrected chi connectivity index (χ0v) is 21.9. The van der Waals surface area contributed by atoms with Gasteiger partial charge in [0.25, 0.3) is 0 Å². The van der Waals surface area contributed by atoms with E-state index < -0.39 is 11.7 Å². The lowest BCUT2D eigenvalue weighted by Gasteiger charge is -2.19. The number of rotatable bonds is 5. The molecule has 5 aromatic rings. The second kappa shape index (κ2) is 9.97. The van der Waals surface area contributed by atoms with Gasteiger partial charge in [-0.1, -0.05) is 35.9 Å². The van der Waals surface area contributed by atoms with Crippen molar-refractivity contribution in [3.8, 4) is 28.3 Å². The molecule has 8 heteroatoms. The number of ether oxygens (including phenoxy) is 1. The van der Waals surface area contributed by atoms with E-state index in [0.717, 1.165) is 39.2 Å². The molecule has 0 radical (unpaired) electrons. The molecule has 0 saturated carbocycles. The van der Waals surface area contributed by atoms with E-state index in [1.807, 2.05) is 86.0 Å². The van der Waals surface area contributed by atoms with Gasteiger partial charge in [-0.2, -0.15) is 0 Å². The molecule has 0 unspecified atom stereocenters. The van der Waals surface area contributed by atoms with E-state index in [1.54, 1.807) is 6.20 Å². The standard InChI is InChI=1S/C30H30N6O2/c1-19-7-5-8-21(17-19)24-14-15-25-28(34-24)36(27(35-25)23-9-6-16-32-26(23)31)22-12-10-20(11-13-22)18-33-29(37)38-30(2,3)4/h5-17H,18H2,1-4H3,(H2,31,32)(H,33,37). The van der Waals surface area contributed by atoms with Gasteiger partial charge in [0.2, 0.25) is 0 Å². The van der Waals surface area contributed by atoms with Crippen LogP contribution in [0.1, 0.15) is 31.9 Å². The van der Waals surface area contributed by atoms with Gasteiger partial charge < -0.3 is 15.8 Å². The summed E-state index contributed by atoms with van der Waals surface area (Å²) in [6, 6.07) is 23.8. The maximum atomic E-state index is 12.1. The number of carbonyl (C=O) groups excluding carboxylic acids is 1. The Hall–Kier alpha value is -4.72. The zero-order chi connectivity index (χ0) is 26.9. The molecule has 0 saturated heterocycles. The Bertz CT molecular complexity index is 1620. The molecular weight excluding hydrogens is 476 g/mol. The van der Waals surface area contributed by atoms with E-state index in [1.165, 1.54) is 0 Å². The third kappa shape index (κ3) is 5.34. The Balaban J connectivity index is 1.56. The van der Waals surface area contributed by atoms with Gasteiger partial charge in [-0.15, -0.1) is 0 Å². The summed E-state index contributed by atoms with van der Waals surface area (Å²) < 4.78 is 7.33. The first kappa shape index (κ1) is 25.0. The van der Waals surface area contributed by atoms with E-state index in [4.69, 9.17) is 20.4 Å². The number of nitrogen functional groups attached to an aromatic ring is 1. The number of nitrogens with zero attached hydrogens (tertiary/aromatic N) is 4. The number of fused-ring (bicyclic) bond motifs is 1. The molecule has 0 aliphatic carbocycles. The van der Waals surface area contributed by atoms with Crippen LogP contribution in [0.15, 0.2) is 79.0 Å². The second-order valence-corrected chi connectivity index (χ2v) is 10.1. The molecule has 2 aromatic carbocycles. The van der Waals surface area contributed by atoms with Crippen LogP contribution in [0.3, 0.4) is 0 Å². The second-order valence-electron chi connectivity index (χ2n) is 10.1. The highest BCUT2D eigenvalue weighted by molar-refractivity contribution is 5.84. The van der Waals surface area contributed by atoms with Crippen molar-refractivity contribution in [2.75, 3.05) is 5.73 Å². The maximum absolute atomic E-state index is 12.1. The number of carbonyl (C=O) groups is 1. The number of imidazole rings is 1. The molecule has 0 spiro atoms. The van der Waals surface area contributed by atoms with Gasteiger partial charge in [-0.3, -0.25) is 4.57 Å². The SMILES string of the molecule is Cc1cccc(-c2ccc3nc(-c4cccnc4N)n(-c4ccc(CNC(=O)OC(C)(C)C)cc4)c3n2)c1. The number of alkyl carbamates (subject to hydrolysis) is 1. The third-order valence-corrected chi connectivity index (χ3v) is 5.93. The summed E-state index contributed by atoms with van der Waals surface area (Å²) in [5, 5.41) is 2.80. The number of hydrogen-bond donors (Lipinski definition) is 2. The summed E-state index contributed by atoms with van der Waals surface area (Å²) in [6.45, 7) is 7.91. The van der Waals surface area contributed by atoms with Gasteiger partial charge in [0.1, 0.15) is 16.9 Å². The van der Waals surface area contributed by atoms with Gasteiger partial charge in [-0.25, -0.2) is 19.7 Å². The highest BCUT2D eigenvalue weighted by Crippen LogP contribution is 2.32. The first-order valence-corrected chi connectivity index (χ1v) is 12.4. The lowest BCUT2D eigenvalue weighted by atomic mass is 10.1. The minimum Gasteiger partial charge on any atom is -0.444 e. The van der Waals surface area contributed by atoms with Crippen LogP contribution in [0.2, 0.25) is 0 Å². The monoisotopic (exact) mass is 506 g/mol. The van der Waals surface area contributed by atoms with E-state index >= 15 is 0 Å². The Morgan fingerprint density at radius 1 is 1.00 bits per heavy atom. The normalized spacial score (nSPS) is 11.5. The Kier molecular flexibility index (Phi) is 6.55. The van der Waals surface area contributed by atoms with Crippen LogP contribution in [0.25, 0.3) is 39.5 Å². The minimum atomic E-state index is -0.550. The van der Waals surface area contributed by atoms with E-state index in [2.05, 4.69) is 29.4 Å². The lowest BCUT2D eigenvalue weighted by Crippen LogP contribution is -2.32. The van der Waals surface area contributed by atoms with Gasteiger partial charge in [0.15, 0.2) is 11.5 Å². The number of benzene rings is 2. The molecule has 5 rings (SSSR count). The molecule has 0 aliphatic heterocycles. The fourth-order valence-corrected chi connectivity index (χ4v) is 4.21. The van der Waals surface area contributed by atoms with Crippen LogP contribution in [-0.2, 0) is 11.3 Å².